The fourth-order valence-corrected chi connectivity index (χ4v) is 5.78. The summed E-state index contributed by atoms with van der Waals surface area (Å²) in [5.74, 6) is -2.63. The molecule has 1 aromatic carbocycles. The maximum Gasteiger partial charge on any atom is 0.312 e. The summed E-state index contributed by atoms with van der Waals surface area (Å²) in [6.45, 7) is 7.38. The average Bonchev–Trinajstić information content (AvgIpc) is 3.40. The van der Waals surface area contributed by atoms with E-state index in [2.05, 4.69) is 5.32 Å². The Bertz CT molecular complexity index is 929. The molecule has 8 nitrogen and oxygen atoms in total. The number of aliphatic hydroxyl groups excluding tert-OH is 1. The first-order valence-corrected chi connectivity index (χ1v) is 11.4. The number of rotatable bonds is 7. The van der Waals surface area contributed by atoms with Gasteiger partial charge in [-0.15, -0.1) is 0 Å². The van der Waals surface area contributed by atoms with Gasteiger partial charge in [0.1, 0.15) is 11.6 Å². The molecule has 0 saturated carbocycles. The van der Waals surface area contributed by atoms with E-state index in [9.17, 15) is 19.5 Å². The Morgan fingerprint density at radius 1 is 1.34 bits per heavy atom. The number of carbonyl (C=O) groups excluding carboxylic acids is 3. The van der Waals surface area contributed by atoms with Crippen LogP contribution in [-0.2, 0) is 23.9 Å². The molecule has 2 N–H and O–H groups in total. The molecule has 2 amide bonds. The number of anilines is 1. The van der Waals surface area contributed by atoms with E-state index in [1.54, 1.807) is 6.92 Å². The maximum absolute atomic E-state index is 13.7. The number of nitrogens with zero attached hydrogens (tertiary/aromatic N) is 1. The number of esters is 1. The van der Waals surface area contributed by atoms with Gasteiger partial charge in [-0.3, -0.25) is 14.4 Å². The summed E-state index contributed by atoms with van der Waals surface area (Å²) < 4.78 is 11.6. The smallest absolute Gasteiger partial charge is 0.312 e. The Morgan fingerprint density at radius 2 is 2.09 bits per heavy atom. The van der Waals surface area contributed by atoms with E-state index in [0.29, 0.717) is 24.9 Å². The second-order valence-corrected chi connectivity index (χ2v) is 9.11. The number of amides is 2. The molecule has 3 aliphatic heterocycles. The van der Waals surface area contributed by atoms with Gasteiger partial charge in [0.15, 0.2) is 0 Å². The van der Waals surface area contributed by atoms with Gasteiger partial charge >= 0.3 is 5.97 Å². The number of hydrogen-bond acceptors (Lipinski definition) is 6. The lowest BCUT2D eigenvalue weighted by Crippen LogP contribution is -2.56. The molecule has 1 aromatic rings. The third-order valence-electron chi connectivity index (χ3n) is 7.27. The van der Waals surface area contributed by atoms with Gasteiger partial charge < -0.3 is 24.8 Å². The Balaban J connectivity index is 1.75. The van der Waals surface area contributed by atoms with Crippen molar-refractivity contribution in [2.75, 3.05) is 18.5 Å². The Labute approximate surface area is 188 Å². The molecular formula is C24H32N2O6. The summed E-state index contributed by atoms with van der Waals surface area (Å²) in [7, 11) is 0. The van der Waals surface area contributed by atoms with Crippen molar-refractivity contribution >= 4 is 23.5 Å². The molecule has 8 heteroatoms. The number of carbonyl (C=O) groups is 3. The van der Waals surface area contributed by atoms with Crippen LogP contribution < -0.4 is 5.32 Å². The molecule has 3 heterocycles. The second kappa shape index (κ2) is 8.48. The first-order chi connectivity index (χ1) is 15.3. The van der Waals surface area contributed by atoms with Crippen molar-refractivity contribution in [3.05, 3.63) is 29.3 Å². The van der Waals surface area contributed by atoms with Gasteiger partial charge in [-0.2, -0.15) is 0 Å². The van der Waals surface area contributed by atoms with Crippen LogP contribution in [-0.4, -0.2) is 64.8 Å². The predicted molar refractivity (Wildman–Crippen MR) is 117 cm³/mol. The lowest BCUT2D eigenvalue weighted by Gasteiger charge is -2.36. The molecule has 32 heavy (non-hydrogen) atoms. The summed E-state index contributed by atoms with van der Waals surface area (Å²) in [5, 5.41) is 13.0. The largest absolute Gasteiger partial charge is 0.466 e. The predicted octanol–water partition coefficient (Wildman–Crippen LogP) is 1.95. The number of aryl methyl sites for hydroxylation is 2. The van der Waals surface area contributed by atoms with Crippen LogP contribution in [0.4, 0.5) is 5.69 Å². The molecule has 2 unspecified atom stereocenters. The first-order valence-electron chi connectivity index (χ1n) is 11.4. The Hall–Kier alpha value is -2.45. The van der Waals surface area contributed by atoms with Gasteiger partial charge in [0.2, 0.25) is 11.8 Å². The minimum Gasteiger partial charge on any atom is -0.466 e. The number of ether oxygens (including phenoxy) is 2. The molecule has 0 radical (unpaired) electrons. The lowest BCUT2D eigenvalue weighted by atomic mass is 9.70. The summed E-state index contributed by atoms with van der Waals surface area (Å²) in [5.41, 5.74) is 1.49. The van der Waals surface area contributed by atoms with Crippen LogP contribution in [0.2, 0.25) is 0 Å². The normalized spacial score (nSPS) is 31.5. The monoisotopic (exact) mass is 444 g/mol. The topological polar surface area (TPSA) is 105 Å². The molecule has 6 atom stereocenters. The van der Waals surface area contributed by atoms with Gasteiger partial charge in [0.25, 0.3) is 0 Å². The van der Waals surface area contributed by atoms with E-state index in [0.717, 1.165) is 11.1 Å². The highest BCUT2D eigenvalue weighted by Gasteiger charge is 2.75. The standard InChI is InChI=1S/C24H32N2O6/c1-5-15(12-27)26-20(21(28)25-16-11-13(3)7-8-14(16)4)24-10-9-17(32-24)18(19(24)22(26)29)23(30)31-6-2/h7-8,11,15,17-20,27H,5-6,9-10,12H2,1-4H3,(H,25,28)/t15-,17-,18+,19-,20?,24?/m0/s1. The first kappa shape index (κ1) is 22.7. The summed E-state index contributed by atoms with van der Waals surface area (Å²) in [4.78, 5) is 41.6. The van der Waals surface area contributed by atoms with Crippen molar-refractivity contribution in [1.82, 2.24) is 4.90 Å². The fourth-order valence-electron chi connectivity index (χ4n) is 5.78. The van der Waals surface area contributed by atoms with Crippen LogP contribution in [0.15, 0.2) is 18.2 Å². The molecule has 174 valence electrons. The number of benzene rings is 1. The number of fused-ring (bicyclic) bond motifs is 1. The third-order valence-corrected chi connectivity index (χ3v) is 7.27. The van der Waals surface area contributed by atoms with Crippen LogP contribution >= 0.6 is 0 Å². The number of aliphatic hydroxyl groups is 1. The molecular weight excluding hydrogens is 412 g/mol. The Morgan fingerprint density at radius 3 is 2.75 bits per heavy atom. The van der Waals surface area contributed by atoms with E-state index in [1.165, 1.54) is 4.90 Å². The SMILES string of the molecule is CCOC(=O)[C@@H]1[C@@H]2CCC3(O2)C(C(=O)Nc2cc(C)ccc2C)N([C@@H](CC)CO)C(=O)[C@H]13. The second-order valence-electron chi connectivity index (χ2n) is 9.11. The minimum atomic E-state index is -1.09. The van der Waals surface area contributed by atoms with Crippen molar-refractivity contribution in [1.29, 1.82) is 0 Å². The number of hydrogen-bond donors (Lipinski definition) is 2. The highest BCUT2D eigenvalue weighted by Crippen LogP contribution is 2.59. The summed E-state index contributed by atoms with van der Waals surface area (Å²) in [6, 6.07) is 4.32. The highest BCUT2D eigenvalue weighted by molar-refractivity contribution is 6.03. The minimum absolute atomic E-state index is 0.213. The van der Waals surface area contributed by atoms with Crippen LogP contribution in [0.1, 0.15) is 44.2 Å². The molecule has 0 aromatic heterocycles. The van der Waals surface area contributed by atoms with E-state index >= 15 is 0 Å². The molecule has 3 saturated heterocycles. The quantitative estimate of drug-likeness (QED) is 0.623. The molecule has 4 rings (SSSR count). The van der Waals surface area contributed by atoms with E-state index in [-0.39, 0.29) is 25.0 Å². The van der Waals surface area contributed by atoms with E-state index < -0.39 is 41.6 Å². The van der Waals surface area contributed by atoms with Crippen molar-refractivity contribution in [2.45, 2.75) is 70.7 Å². The molecule has 3 aliphatic rings. The van der Waals surface area contributed by atoms with E-state index in [4.69, 9.17) is 9.47 Å². The molecule has 3 fully saturated rings. The molecule has 1 spiro atoms. The summed E-state index contributed by atoms with van der Waals surface area (Å²) in [6.07, 6.45) is 1.14. The van der Waals surface area contributed by atoms with Crippen LogP contribution in [0, 0.1) is 25.7 Å². The van der Waals surface area contributed by atoms with Crippen LogP contribution in [0.25, 0.3) is 0 Å². The zero-order valence-electron chi connectivity index (χ0n) is 19.1. The third kappa shape index (κ3) is 3.31. The maximum atomic E-state index is 13.7. The Kier molecular flexibility index (Phi) is 6.02. The average molecular weight is 445 g/mol. The zero-order chi connectivity index (χ0) is 23.2. The molecule has 0 aliphatic carbocycles. The van der Waals surface area contributed by atoms with Gasteiger partial charge in [-0.25, -0.2) is 0 Å². The molecule has 2 bridgehead atoms. The van der Waals surface area contributed by atoms with Crippen LogP contribution in [0.5, 0.6) is 0 Å². The zero-order valence-corrected chi connectivity index (χ0v) is 19.1. The van der Waals surface area contributed by atoms with Crippen molar-refractivity contribution in [3.8, 4) is 0 Å². The van der Waals surface area contributed by atoms with Crippen molar-refractivity contribution < 1.29 is 29.0 Å². The van der Waals surface area contributed by atoms with Crippen LogP contribution in [0.3, 0.4) is 0 Å². The van der Waals surface area contributed by atoms with E-state index in [1.807, 2.05) is 39.0 Å². The number of likely N-dealkylation sites (tertiary alicyclic amines) is 1. The number of nitrogens with one attached hydrogen (secondary N) is 1. The highest BCUT2D eigenvalue weighted by atomic mass is 16.6. The fraction of sp³-hybridized carbons (Fsp3) is 0.625. The van der Waals surface area contributed by atoms with Gasteiger partial charge in [0.05, 0.1) is 37.2 Å². The van der Waals surface area contributed by atoms with Gasteiger partial charge in [0, 0.05) is 5.69 Å². The van der Waals surface area contributed by atoms with Crippen molar-refractivity contribution in [2.24, 2.45) is 11.8 Å². The van der Waals surface area contributed by atoms with Gasteiger partial charge in [-0.1, -0.05) is 19.1 Å². The van der Waals surface area contributed by atoms with Crippen molar-refractivity contribution in [3.63, 3.8) is 0 Å². The summed E-state index contributed by atoms with van der Waals surface area (Å²) >= 11 is 0. The van der Waals surface area contributed by atoms with Gasteiger partial charge in [-0.05, 0) is 57.2 Å². The lowest BCUT2D eigenvalue weighted by molar-refractivity contribution is -0.155.